The van der Waals surface area contributed by atoms with E-state index in [2.05, 4.69) is 15.6 Å². The first-order chi connectivity index (χ1) is 18.5. The van der Waals surface area contributed by atoms with Crippen molar-refractivity contribution < 1.29 is 19.1 Å². The zero-order chi connectivity index (χ0) is 26.7. The lowest BCUT2D eigenvalue weighted by molar-refractivity contribution is -0.143. The molecule has 1 aromatic carbocycles. The maximum atomic E-state index is 13.8. The van der Waals surface area contributed by atoms with E-state index in [-0.39, 0.29) is 42.7 Å². The zero-order valence-electron chi connectivity index (χ0n) is 21.7. The van der Waals surface area contributed by atoms with Gasteiger partial charge in [0.05, 0.1) is 6.10 Å². The van der Waals surface area contributed by atoms with E-state index in [4.69, 9.17) is 16.3 Å². The number of aromatic nitrogens is 1. The fourth-order valence-electron chi connectivity index (χ4n) is 5.19. The van der Waals surface area contributed by atoms with Gasteiger partial charge < -0.3 is 20.3 Å². The van der Waals surface area contributed by atoms with E-state index in [1.54, 1.807) is 41.4 Å². The fraction of sp³-hybridized carbons (Fsp3) is 0.517. The van der Waals surface area contributed by atoms with Crippen LogP contribution in [0.15, 0.2) is 48.7 Å². The molecule has 1 saturated carbocycles. The van der Waals surface area contributed by atoms with Crippen LogP contribution in [0, 0.1) is 0 Å². The SMILES string of the molecule is O=C(CCCC(=O)N(C[C@@H]1CCCO1)[C@@H](C(=O)NC1CCCCC1)c1ccc(Cl)cc1)Nc1ccccn1. The Morgan fingerprint density at radius 2 is 1.79 bits per heavy atom. The van der Waals surface area contributed by atoms with Crippen LogP contribution < -0.4 is 10.6 Å². The summed E-state index contributed by atoms with van der Waals surface area (Å²) >= 11 is 6.14. The van der Waals surface area contributed by atoms with Gasteiger partial charge in [0.15, 0.2) is 0 Å². The molecule has 2 aliphatic rings. The summed E-state index contributed by atoms with van der Waals surface area (Å²) in [5.41, 5.74) is 0.710. The third-order valence-electron chi connectivity index (χ3n) is 7.17. The van der Waals surface area contributed by atoms with Crippen molar-refractivity contribution in [2.75, 3.05) is 18.5 Å². The first kappa shape index (κ1) is 28.0. The number of anilines is 1. The molecule has 8 nitrogen and oxygen atoms in total. The van der Waals surface area contributed by atoms with Crippen LogP contribution in [-0.4, -0.2) is 52.9 Å². The van der Waals surface area contributed by atoms with E-state index in [1.807, 2.05) is 12.1 Å². The Labute approximate surface area is 229 Å². The number of carbonyl (C=O) groups excluding carboxylic acids is 3. The van der Waals surface area contributed by atoms with E-state index in [1.165, 1.54) is 6.42 Å². The Morgan fingerprint density at radius 1 is 1.00 bits per heavy atom. The highest BCUT2D eigenvalue weighted by Crippen LogP contribution is 2.28. The summed E-state index contributed by atoms with van der Waals surface area (Å²) in [7, 11) is 0. The quantitative estimate of drug-likeness (QED) is 0.416. The van der Waals surface area contributed by atoms with E-state index in [0.717, 1.165) is 38.5 Å². The molecular weight excluding hydrogens is 504 g/mol. The zero-order valence-corrected chi connectivity index (χ0v) is 22.5. The summed E-state index contributed by atoms with van der Waals surface area (Å²) in [5.74, 6) is -0.0826. The minimum atomic E-state index is -0.798. The summed E-state index contributed by atoms with van der Waals surface area (Å²) in [6.45, 7) is 0.977. The monoisotopic (exact) mass is 540 g/mol. The Balaban J connectivity index is 1.48. The van der Waals surface area contributed by atoms with Crippen LogP contribution in [0.4, 0.5) is 5.82 Å². The van der Waals surface area contributed by atoms with Gasteiger partial charge in [0.1, 0.15) is 11.9 Å². The number of hydrogen-bond donors (Lipinski definition) is 2. The fourth-order valence-corrected chi connectivity index (χ4v) is 5.32. The molecule has 2 aromatic rings. The minimum absolute atomic E-state index is 0.112. The van der Waals surface area contributed by atoms with Gasteiger partial charge in [-0.05, 0) is 61.9 Å². The van der Waals surface area contributed by atoms with Crippen molar-refractivity contribution in [2.24, 2.45) is 0 Å². The van der Waals surface area contributed by atoms with Gasteiger partial charge in [0.25, 0.3) is 0 Å². The van der Waals surface area contributed by atoms with Gasteiger partial charge in [-0.1, -0.05) is 49.1 Å². The molecule has 1 aromatic heterocycles. The molecule has 4 rings (SSSR count). The molecule has 38 heavy (non-hydrogen) atoms. The third kappa shape index (κ3) is 8.27. The second-order valence-electron chi connectivity index (χ2n) is 10.1. The molecule has 3 amide bonds. The van der Waals surface area contributed by atoms with Gasteiger partial charge in [-0.15, -0.1) is 0 Å². The van der Waals surface area contributed by atoms with Gasteiger partial charge in [0.2, 0.25) is 17.7 Å². The lowest BCUT2D eigenvalue weighted by Crippen LogP contribution is -2.49. The topological polar surface area (TPSA) is 101 Å². The van der Waals surface area contributed by atoms with Crippen molar-refractivity contribution in [1.82, 2.24) is 15.2 Å². The summed E-state index contributed by atoms with van der Waals surface area (Å²) in [4.78, 5) is 45.6. The summed E-state index contributed by atoms with van der Waals surface area (Å²) in [6.07, 6.45) is 9.20. The van der Waals surface area contributed by atoms with Gasteiger partial charge >= 0.3 is 0 Å². The Bertz CT molecular complexity index is 1050. The molecule has 9 heteroatoms. The van der Waals surface area contributed by atoms with Gasteiger partial charge in [-0.2, -0.15) is 0 Å². The molecule has 0 radical (unpaired) electrons. The van der Waals surface area contributed by atoms with E-state index < -0.39 is 6.04 Å². The van der Waals surface area contributed by atoms with Crippen molar-refractivity contribution >= 4 is 35.1 Å². The molecule has 2 fully saturated rings. The highest BCUT2D eigenvalue weighted by molar-refractivity contribution is 6.30. The van der Waals surface area contributed by atoms with Crippen molar-refractivity contribution in [3.63, 3.8) is 0 Å². The Kier molecular flexibility index (Phi) is 10.5. The summed E-state index contributed by atoms with van der Waals surface area (Å²) in [6, 6.07) is 11.7. The molecule has 204 valence electrons. The minimum Gasteiger partial charge on any atom is -0.376 e. The smallest absolute Gasteiger partial charge is 0.247 e. The van der Waals surface area contributed by atoms with Crippen molar-refractivity contribution in [2.45, 2.75) is 82.4 Å². The number of pyridine rings is 1. The molecule has 0 unspecified atom stereocenters. The third-order valence-corrected chi connectivity index (χ3v) is 7.42. The van der Waals surface area contributed by atoms with Crippen LogP contribution >= 0.6 is 11.6 Å². The maximum absolute atomic E-state index is 13.8. The number of halogens is 1. The second kappa shape index (κ2) is 14.3. The number of amides is 3. The van der Waals surface area contributed by atoms with Crippen LogP contribution in [0.25, 0.3) is 0 Å². The van der Waals surface area contributed by atoms with E-state index in [0.29, 0.717) is 36.0 Å². The summed E-state index contributed by atoms with van der Waals surface area (Å²) in [5, 5.41) is 6.53. The normalized spacial score (nSPS) is 18.5. The standard InChI is InChI=1S/C29H37ClN4O4/c30-22-16-14-21(15-17-22)28(29(37)32-23-8-2-1-3-9-23)34(20-24-10-7-19-38-24)27(36)13-6-12-26(35)33-25-11-4-5-18-31-25/h4-5,11,14-18,23-24,28H,1-3,6-10,12-13,19-20H2,(H,32,37)(H,31,33,35)/t24-,28+/m0/s1. The van der Waals surface area contributed by atoms with Crippen LogP contribution in [-0.2, 0) is 19.1 Å². The average molecular weight is 541 g/mol. The first-order valence-electron chi connectivity index (χ1n) is 13.7. The van der Waals surface area contributed by atoms with Crippen molar-refractivity contribution in [3.05, 3.63) is 59.2 Å². The lowest BCUT2D eigenvalue weighted by Gasteiger charge is -2.35. The van der Waals surface area contributed by atoms with Gasteiger partial charge in [0, 0.05) is 43.3 Å². The average Bonchev–Trinajstić information content (AvgIpc) is 3.44. The molecule has 2 atom stereocenters. The predicted octanol–water partition coefficient (Wildman–Crippen LogP) is 5.04. The Hall–Kier alpha value is -2.97. The number of nitrogens with one attached hydrogen (secondary N) is 2. The molecule has 2 N–H and O–H groups in total. The lowest BCUT2D eigenvalue weighted by atomic mass is 9.94. The number of benzene rings is 1. The molecule has 2 heterocycles. The van der Waals surface area contributed by atoms with Crippen LogP contribution in [0.2, 0.25) is 5.02 Å². The van der Waals surface area contributed by atoms with Crippen molar-refractivity contribution in [3.8, 4) is 0 Å². The van der Waals surface area contributed by atoms with Crippen LogP contribution in [0.3, 0.4) is 0 Å². The molecule has 1 aliphatic heterocycles. The molecular formula is C29H37ClN4O4. The number of hydrogen-bond acceptors (Lipinski definition) is 5. The van der Waals surface area contributed by atoms with Gasteiger partial charge in [-0.3, -0.25) is 14.4 Å². The largest absolute Gasteiger partial charge is 0.376 e. The number of carbonyl (C=O) groups is 3. The second-order valence-corrected chi connectivity index (χ2v) is 10.5. The molecule has 1 saturated heterocycles. The van der Waals surface area contributed by atoms with Crippen LogP contribution in [0.1, 0.15) is 75.8 Å². The van der Waals surface area contributed by atoms with Crippen LogP contribution in [0.5, 0.6) is 0 Å². The summed E-state index contributed by atoms with van der Waals surface area (Å²) < 4.78 is 5.86. The highest BCUT2D eigenvalue weighted by Gasteiger charge is 2.35. The Morgan fingerprint density at radius 3 is 2.47 bits per heavy atom. The maximum Gasteiger partial charge on any atom is 0.247 e. The molecule has 0 bridgehead atoms. The molecule has 0 spiro atoms. The first-order valence-corrected chi connectivity index (χ1v) is 14.0. The number of nitrogens with zero attached hydrogens (tertiary/aromatic N) is 2. The van der Waals surface area contributed by atoms with E-state index in [9.17, 15) is 14.4 Å². The number of rotatable bonds is 11. The molecule has 1 aliphatic carbocycles. The van der Waals surface area contributed by atoms with Crippen molar-refractivity contribution in [1.29, 1.82) is 0 Å². The predicted molar refractivity (Wildman–Crippen MR) is 147 cm³/mol. The van der Waals surface area contributed by atoms with Gasteiger partial charge in [-0.25, -0.2) is 4.98 Å². The van der Waals surface area contributed by atoms with E-state index >= 15 is 0 Å². The number of ether oxygens (including phenoxy) is 1. The highest BCUT2D eigenvalue weighted by atomic mass is 35.5.